The van der Waals surface area contributed by atoms with Crippen molar-refractivity contribution in [3.05, 3.63) is 23.8 Å². The van der Waals surface area contributed by atoms with Crippen LogP contribution in [0.3, 0.4) is 0 Å². The van der Waals surface area contributed by atoms with Crippen molar-refractivity contribution in [1.29, 1.82) is 0 Å². The average molecular weight is 268 g/mol. The molecule has 0 aliphatic heterocycles. The molecule has 1 atom stereocenters. The van der Waals surface area contributed by atoms with E-state index in [4.69, 9.17) is 15.2 Å². The van der Waals surface area contributed by atoms with Gasteiger partial charge in [0.15, 0.2) is 0 Å². The highest BCUT2D eigenvalue weighted by Gasteiger charge is 2.18. The molecule has 1 rings (SSSR count). The second-order valence-electron chi connectivity index (χ2n) is 4.28. The molecule has 106 valence electrons. The molecular formula is C13H20N2O4. The van der Waals surface area contributed by atoms with Crippen molar-refractivity contribution in [2.75, 3.05) is 34.4 Å². The van der Waals surface area contributed by atoms with E-state index in [2.05, 4.69) is 0 Å². The van der Waals surface area contributed by atoms with Gasteiger partial charge in [0.05, 0.1) is 19.3 Å². The number of carbonyl (C=O) groups is 1. The van der Waals surface area contributed by atoms with E-state index in [1.165, 1.54) is 24.1 Å². The van der Waals surface area contributed by atoms with E-state index in [0.717, 1.165) is 0 Å². The van der Waals surface area contributed by atoms with E-state index in [-0.39, 0.29) is 23.3 Å². The lowest BCUT2D eigenvalue weighted by Crippen LogP contribution is -2.41. The zero-order valence-electron chi connectivity index (χ0n) is 11.4. The molecule has 1 aromatic rings. The van der Waals surface area contributed by atoms with E-state index in [9.17, 15) is 9.90 Å². The first-order valence-electron chi connectivity index (χ1n) is 5.86. The molecule has 1 amide bonds. The molecule has 0 spiro atoms. The highest BCUT2D eigenvalue weighted by Crippen LogP contribution is 2.23. The topological polar surface area (TPSA) is 85.0 Å². The number of nitrogens with zero attached hydrogens (tertiary/aromatic N) is 1. The first kappa shape index (κ1) is 15.3. The first-order valence-corrected chi connectivity index (χ1v) is 5.86. The van der Waals surface area contributed by atoms with Gasteiger partial charge in [0, 0.05) is 26.7 Å². The number of amides is 1. The minimum atomic E-state index is -0.317. The summed E-state index contributed by atoms with van der Waals surface area (Å²) in [5, 5.41) is 9.73. The number of likely N-dealkylation sites (N-methyl/N-ethyl adjacent to an activating group) is 1. The predicted molar refractivity (Wildman–Crippen MR) is 71.5 cm³/mol. The van der Waals surface area contributed by atoms with Gasteiger partial charge in [0.25, 0.3) is 5.91 Å². The van der Waals surface area contributed by atoms with Crippen LogP contribution in [0.4, 0.5) is 0 Å². The third kappa shape index (κ3) is 4.11. The molecule has 3 N–H and O–H groups in total. The number of ether oxygens (including phenoxy) is 2. The maximum Gasteiger partial charge on any atom is 0.257 e. The Bertz CT molecular complexity index is 437. The van der Waals surface area contributed by atoms with Gasteiger partial charge < -0.3 is 25.2 Å². The number of methoxy groups -OCH3 is 2. The molecule has 0 radical (unpaired) electrons. The number of nitrogens with two attached hydrogens (primary N) is 1. The van der Waals surface area contributed by atoms with Gasteiger partial charge in [0.2, 0.25) is 0 Å². The second kappa shape index (κ2) is 6.96. The van der Waals surface area contributed by atoms with Crippen LogP contribution < -0.4 is 10.5 Å². The fourth-order valence-electron chi connectivity index (χ4n) is 1.72. The van der Waals surface area contributed by atoms with Gasteiger partial charge in [-0.25, -0.2) is 0 Å². The zero-order chi connectivity index (χ0) is 14.4. The number of carbonyl (C=O) groups excluding carboxylic acids is 1. The summed E-state index contributed by atoms with van der Waals surface area (Å²) in [6, 6.07) is 4.24. The SMILES string of the molecule is COCC(N)CN(C)C(=O)c1cc(OC)ccc1O. The third-order valence-corrected chi connectivity index (χ3v) is 2.67. The van der Waals surface area contributed by atoms with Crippen LogP contribution in [0, 0.1) is 0 Å². The normalized spacial score (nSPS) is 12.0. The van der Waals surface area contributed by atoms with Gasteiger partial charge in [0.1, 0.15) is 11.5 Å². The van der Waals surface area contributed by atoms with Gasteiger partial charge in [-0.1, -0.05) is 0 Å². The highest BCUT2D eigenvalue weighted by atomic mass is 16.5. The Kier molecular flexibility index (Phi) is 5.59. The molecule has 0 heterocycles. The Morgan fingerprint density at radius 2 is 2.16 bits per heavy atom. The Balaban J connectivity index is 2.81. The second-order valence-corrected chi connectivity index (χ2v) is 4.28. The Hall–Kier alpha value is -1.79. The number of benzene rings is 1. The minimum Gasteiger partial charge on any atom is -0.507 e. The molecule has 0 fully saturated rings. The quantitative estimate of drug-likeness (QED) is 0.782. The average Bonchev–Trinajstić information content (AvgIpc) is 2.38. The summed E-state index contributed by atoms with van der Waals surface area (Å²) in [6.07, 6.45) is 0. The van der Waals surface area contributed by atoms with Gasteiger partial charge in [-0.3, -0.25) is 4.79 Å². The fourth-order valence-corrected chi connectivity index (χ4v) is 1.72. The van der Waals surface area contributed by atoms with Crippen LogP contribution in [0.5, 0.6) is 11.5 Å². The van der Waals surface area contributed by atoms with Crippen LogP contribution in [0.1, 0.15) is 10.4 Å². The van der Waals surface area contributed by atoms with Crippen molar-refractivity contribution in [2.45, 2.75) is 6.04 Å². The number of hydrogen-bond donors (Lipinski definition) is 2. The van der Waals surface area contributed by atoms with Crippen LogP contribution in [0.2, 0.25) is 0 Å². The van der Waals surface area contributed by atoms with E-state index in [1.807, 2.05) is 0 Å². The number of aromatic hydroxyl groups is 1. The van der Waals surface area contributed by atoms with Crippen molar-refractivity contribution >= 4 is 5.91 Å². The van der Waals surface area contributed by atoms with Crippen LogP contribution in [0.15, 0.2) is 18.2 Å². The number of hydrogen-bond acceptors (Lipinski definition) is 5. The lowest BCUT2D eigenvalue weighted by Gasteiger charge is -2.21. The number of rotatable bonds is 6. The Labute approximate surface area is 112 Å². The van der Waals surface area contributed by atoms with Crippen molar-refractivity contribution in [3.63, 3.8) is 0 Å². The molecule has 0 bridgehead atoms. The summed E-state index contributed by atoms with van der Waals surface area (Å²) in [6.45, 7) is 0.699. The van der Waals surface area contributed by atoms with Crippen molar-refractivity contribution < 1.29 is 19.4 Å². The molecule has 1 aromatic carbocycles. The lowest BCUT2D eigenvalue weighted by atomic mass is 10.1. The van der Waals surface area contributed by atoms with Crippen LogP contribution in [-0.2, 0) is 4.74 Å². The van der Waals surface area contributed by atoms with Crippen molar-refractivity contribution in [2.24, 2.45) is 5.73 Å². The maximum atomic E-state index is 12.2. The number of phenolic OH excluding ortho intramolecular Hbond substituents is 1. The van der Waals surface area contributed by atoms with E-state index < -0.39 is 0 Å². The predicted octanol–water partition coefficient (Wildman–Crippen LogP) is 0.447. The summed E-state index contributed by atoms with van der Waals surface area (Å²) in [5.41, 5.74) is 5.98. The Morgan fingerprint density at radius 3 is 2.74 bits per heavy atom. The van der Waals surface area contributed by atoms with Crippen LogP contribution in [0.25, 0.3) is 0 Å². The Morgan fingerprint density at radius 1 is 1.47 bits per heavy atom. The largest absolute Gasteiger partial charge is 0.507 e. The maximum absolute atomic E-state index is 12.2. The van der Waals surface area contributed by atoms with Crippen LogP contribution in [-0.4, -0.2) is 56.4 Å². The molecule has 0 aliphatic carbocycles. The summed E-state index contributed by atoms with van der Waals surface area (Å²) in [5.74, 6) is 0.108. The molecule has 0 aromatic heterocycles. The third-order valence-electron chi connectivity index (χ3n) is 2.67. The van der Waals surface area contributed by atoms with Gasteiger partial charge in [-0.15, -0.1) is 0 Å². The monoisotopic (exact) mass is 268 g/mol. The van der Waals surface area contributed by atoms with Crippen LogP contribution >= 0.6 is 0 Å². The van der Waals surface area contributed by atoms with Gasteiger partial charge in [-0.05, 0) is 18.2 Å². The summed E-state index contributed by atoms with van der Waals surface area (Å²) >= 11 is 0. The van der Waals surface area contributed by atoms with Gasteiger partial charge >= 0.3 is 0 Å². The smallest absolute Gasteiger partial charge is 0.257 e. The van der Waals surface area contributed by atoms with E-state index in [1.54, 1.807) is 20.2 Å². The summed E-state index contributed by atoms with van der Waals surface area (Å²) in [4.78, 5) is 13.6. The van der Waals surface area contributed by atoms with Gasteiger partial charge in [-0.2, -0.15) is 0 Å². The fraction of sp³-hybridized carbons (Fsp3) is 0.462. The summed E-state index contributed by atoms with van der Waals surface area (Å²) in [7, 11) is 4.67. The standard InChI is InChI=1S/C13H20N2O4/c1-15(7-9(14)8-18-2)13(17)11-6-10(19-3)4-5-12(11)16/h4-6,9,16H,7-8,14H2,1-3H3. The zero-order valence-corrected chi connectivity index (χ0v) is 11.4. The molecule has 0 saturated heterocycles. The summed E-state index contributed by atoms with van der Waals surface area (Å²) < 4.78 is 9.95. The van der Waals surface area contributed by atoms with E-state index >= 15 is 0 Å². The molecule has 0 aliphatic rings. The lowest BCUT2D eigenvalue weighted by molar-refractivity contribution is 0.0761. The van der Waals surface area contributed by atoms with Crippen molar-refractivity contribution in [1.82, 2.24) is 4.90 Å². The van der Waals surface area contributed by atoms with E-state index in [0.29, 0.717) is 18.9 Å². The number of phenols is 1. The molecule has 1 unspecified atom stereocenters. The highest BCUT2D eigenvalue weighted by molar-refractivity contribution is 5.97. The molecule has 6 nitrogen and oxygen atoms in total. The molecule has 6 heteroatoms. The molecule has 19 heavy (non-hydrogen) atoms. The molecule has 0 saturated carbocycles. The molecular weight excluding hydrogens is 248 g/mol. The van der Waals surface area contributed by atoms with Crippen molar-refractivity contribution in [3.8, 4) is 11.5 Å². The first-order chi connectivity index (χ1) is 8.99. The minimum absolute atomic E-state index is 0.0852.